The first-order chi connectivity index (χ1) is 15.5. The van der Waals surface area contributed by atoms with Crippen molar-refractivity contribution in [2.45, 2.75) is 84.1 Å². The number of rotatable bonds is 9. The van der Waals surface area contributed by atoms with Crippen molar-refractivity contribution in [1.29, 1.82) is 0 Å². The van der Waals surface area contributed by atoms with Crippen LogP contribution >= 0.6 is 0 Å². The van der Waals surface area contributed by atoms with E-state index in [4.69, 9.17) is 28.5 Å². The Morgan fingerprint density at radius 3 is 1.94 bits per heavy atom. The number of hydrogen-bond donors (Lipinski definition) is 0. The molecule has 0 aromatic carbocycles. The van der Waals surface area contributed by atoms with Gasteiger partial charge in [-0.15, -0.1) is 5.06 Å². The molecule has 13 nitrogen and oxygen atoms in total. The normalized spacial score (nSPS) is 27.2. The Kier molecular flexibility index (Phi) is 9.29. The third-order valence-electron chi connectivity index (χ3n) is 4.64. The lowest BCUT2D eigenvalue weighted by Crippen LogP contribution is -2.61. The molecule has 0 saturated carbocycles. The lowest BCUT2D eigenvalue weighted by Gasteiger charge is -2.43. The maximum Gasteiger partial charge on any atom is 0.333 e. The van der Waals surface area contributed by atoms with E-state index < -0.39 is 66.4 Å². The van der Waals surface area contributed by atoms with E-state index in [9.17, 15) is 28.8 Å². The van der Waals surface area contributed by atoms with E-state index in [1.54, 1.807) is 6.92 Å². The number of esters is 3. The molecule has 33 heavy (non-hydrogen) atoms. The lowest BCUT2D eigenvalue weighted by atomic mass is 9.99. The third-order valence-corrected chi connectivity index (χ3v) is 4.64. The second-order valence-electron chi connectivity index (χ2n) is 7.45. The van der Waals surface area contributed by atoms with Gasteiger partial charge in [-0.3, -0.25) is 24.0 Å². The van der Waals surface area contributed by atoms with Crippen LogP contribution in [0.4, 0.5) is 0 Å². The van der Waals surface area contributed by atoms with Gasteiger partial charge in [-0.1, -0.05) is 0 Å². The molecular formula is C20H27NO12. The summed E-state index contributed by atoms with van der Waals surface area (Å²) in [5, 5.41) is 0.449. The van der Waals surface area contributed by atoms with Crippen molar-refractivity contribution in [3.05, 3.63) is 0 Å². The highest BCUT2D eigenvalue weighted by molar-refractivity contribution is 6.01. The second kappa shape index (κ2) is 11.7. The molecule has 0 aromatic rings. The van der Waals surface area contributed by atoms with Gasteiger partial charge < -0.3 is 28.5 Å². The van der Waals surface area contributed by atoms with Crippen LogP contribution in [0.3, 0.4) is 0 Å². The molecule has 2 amide bonds. The fourth-order valence-corrected chi connectivity index (χ4v) is 3.33. The van der Waals surface area contributed by atoms with Gasteiger partial charge in [0, 0.05) is 33.6 Å². The van der Waals surface area contributed by atoms with Gasteiger partial charge in [0.25, 0.3) is 11.8 Å². The molecule has 2 saturated heterocycles. The summed E-state index contributed by atoms with van der Waals surface area (Å²) in [7, 11) is 0. The van der Waals surface area contributed by atoms with Crippen molar-refractivity contribution in [2.24, 2.45) is 0 Å². The summed E-state index contributed by atoms with van der Waals surface area (Å²) in [4.78, 5) is 74.4. The monoisotopic (exact) mass is 473 g/mol. The minimum Gasteiger partial charge on any atom is -0.456 e. The molecule has 0 aliphatic carbocycles. The zero-order valence-corrected chi connectivity index (χ0v) is 18.8. The van der Waals surface area contributed by atoms with Crippen molar-refractivity contribution < 1.29 is 57.3 Å². The van der Waals surface area contributed by atoms with Crippen LogP contribution in [0.2, 0.25) is 0 Å². The molecule has 3 unspecified atom stereocenters. The average molecular weight is 473 g/mol. The van der Waals surface area contributed by atoms with Gasteiger partial charge in [0.05, 0.1) is 19.1 Å². The van der Waals surface area contributed by atoms with Crippen molar-refractivity contribution in [2.75, 3.05) is 6.61 Å². The fourth-order valence-electron chi connectivity index (χ4n) is 3.33. The molecule has 13 heteroatoms. The summed E-state index contributed by atoms with van der Waals surface area (Å²) in [5.74, 6) is -4.04. The van der Waals surface area contributed by atoms with Crippen molar-refractivity contribution in [3.8, 4) is 0 Å². The SMILES string of the molecule is CC(=O)OC1C(OC(C)=O)[C@H](C)OC(OCCCC(=O)ON2C(=O)CCC2=O)[C@H]1OC(C)=O. The number of imide groups is 1. The number of amides is 2. The zero-order valence-electron chi connectivity index (χ0n) is 18.8. The Morgan fingerprint density at radius 1 is 0.879 bits per heavy atom. The van der Waals surface area contributed by atoms with Gasteiger partial charge in [-0.05, 0) is 13.3 Å². The summed E-state index contributed by atoms with van der Waals surface area (Å²) >= 11 is 0. The highest BCUT2D eigenvalue weighted by Crippen LogP contribution is 2.29. The molecule has 2 fully saturated rings. The Bertz CT molecular complexity index is 780. The van der Waals surface area contributed by atoms with Gasteiger partial charge in [-0.25, -0.2) is 4.79 Å². The van der Waals surface area contributed by atoms with E-state index in [2.05, 4.69) is 0 Å². The molecule has 2 heterocycles. The summed E-state index contributed by atoms with van der Waals surface area (Å²) in [6, 6.07) is 0. The van der Waals surface area contributed by atoms with Gasteiger partial charge in [0.2, 0.25) is 0 Å². The van der Waals surface area contributed by atoms with E-state index in [1.807, 2.05) is 0 Å². The minimum atomic E-state index is -1.25. The van der Waals surface area contributed by atoms with Crippen molar-refractivity contribution in [3.63, 3.8) is 0 Å². The second-order valence-corrected chi connectivity index (χ2v) is 7.45. The number of carbonyl (C=O) groups is 6. The van der Waals surface area contributed by atoms with Gasteiger partial charge in [0.1, 0.15) is 0 Å². The third kappa shape index (κ3) is 7.49. The van der Waals surface area contributed by atoms with Gasteiger partial charge in [0.15, 0.2) is 24.6 Å². The summed E-state index contributed by atoms with van der Waals surface area (Å²) in [6.07, 6.45) is -5.57. The molecule has 0 bridgehead atoms. The molecule has 5 atom stereocenters. The summed E-state index contributed by atoms with van der Waals surface area (Å²) in [6.45, 7) is 4.94. The van der Waals surface area contributed by atoms with Crippen LogP contribution in [0.1, 0.15) is 53.4 Å². The number of nitrogens with zero attached hydrogens (tertiary/aromatic N) is 1. The van der Waals surface area contributed by atoms with Crippen LogP contribution in [0.5, 0.6) is 0 Å². The minimum absolute atomic E-state index is 0.0121. The first-order valence-corrected chi connectivity index (χ1v) is 10.3. The first kappa shape index (κ1) is 26.2. The number of hydrogen-bond acceptors (Lipinski definition) is 12. The van der Waals surface area contributed by atoms with Crippen LogP contribution in [0, 0.1) is 0 Å². The quantitative estimate of drug-likeness (QED) is 0.190. The molecule has 0 spiro atoms. The van der Waals surface area contributed by atoms with Crippen LogP contribution in [0.15, 0.2) is 0 Å². The van der Waals surface area contributed by atoms with Crippen LogP contribution in [-0.4, -0.2) is 78.1 Å². The molecule has 2 aliphatic heterocycles. The molecule has 184 valence electrons. The molecule has 0 radical (unpaired) electrons. The van der Waals surface area contributed by atoms with E-state index in [1.165, 1.54) is 6.92 Å². The Hall–Kier alpha value is -3.06. The van der Waals surface area contributed by atoms with E-state index in [0.29, 0.717) is 5.06 Å². The van der Waals surface area contributed by atoms with Crippen molar-refractivity contribution >= 4 is 35.7 Å². The maximum absolute atomic E-state index is 11.9. The fraction of sp³-hybridized carbons (Fsp3) is 0.700. The van der Waals surface area contributed by atoms with Gasteiger partial charge >= 0.3 is 23.9 Å². The smallest absolute Gasteiger partial charge is 0.333 e. The number of ether oxygens (including phenoxy) is 5. The Labute approximate surface area is 189 Å². The molecule has 2 aliphatic rings. The van der Waals surface area contributed by atoms with Gasteiger partial charge in [-0.2, -0.15) is 0 Å². The van der Waals surface area contributed by atoms with Crippen LogP contribution in [0.25, 0.3) is 0 Å². The molecule has 0 aromatic heterocycles. The average Bonchev–Trinajstić information content (AvgIpc) is 3.01. The van der Waals surface area contributed by atoms with E-state index >= 15 is 0 Å². The van der Waals surface area contributed by atoms with E-state index in [0.717, 1.165) is 13.8 Å². The summed E-state index contributed by atoms with van der Waals surface area (Å²) in [5.41, 5.74) is 0. The molecular weight excluding hydrogens is 446 g/mol. The highest BCUT2D eigenvalue weighted by Gasteiger charge is 2.50. The number of carbonyl (C=O) groups excluding carboxylic acids is 6. The van der Waals surface area contributed by atoms with E-state index in [-0.39, 0.29) is 32.3 Å². The standard InChI is InChI=1S/C20H27NO12/c1-10-17(30-11(2)22)18(31-12(3)23)19(32-13(4)24)20(29-10)28-9-5-6-16(27)33-21-14(25)7-8-15(21)26/h10,17-20H,5-9H2,1-4H3/t10-,17?,18?,19-,20?/m0/s1. The molecule has 2 rings (SSSR count). The highest BCUT2D eigenvalue weighted by atomic mass is 16.7. The largest absolute Gasteiger partial charge is 0.456 e. The lowest BCUT2D eigenvalue weighted by molar-refractivity contribution is -0.300. The Balaban J connectivity index is 1.98. The zero-order chi connectivity index (χ0) is 24.7. The number of hydroxylamine groups is 2. The molecule has 0 N–H and O–H groups in total. The topological polar surface area (TPSA) is 161 Å². The van der Waals surface area contributed by atoms with Crippen LogP contribution < -0.4 is 0 Å². The van der Waals surface area contributed by atoms with Crippen LogP contribution in [-0.2, 0) is 57.3 Å². The summed E-state index contributed by atoms with van der Waals surface area (Å²) < 4.78 is 27.0. The predicted molar refractivity (Wildman–Crippen MR) is 103 cm³/mol. The van der Waals surface area contributed by atoms with Crippen molar-refractivity contribution in [1.82, 2.24) is 5.06 Å². The Morgan fingerprint density at radius 2 is 1.39 bits per heavy atom. The predicted octanol–water partition coefficient (Wildman–Crippen LogP) is -0.0697. The maximum atomic E-state index is 11.9. The first-order valence-electron chi connectivity index (χ1n) is 10.3.